The van der Waals surface area contributed by atoms with Gasteiger partial charge in [0.15, 0.2) is 0 Å². The molecule has 1 aliphatic heterocycles. The van der Waals surface area contributed by atoms with Crippen molar-refractivity contribution in [2.75, 3.05) is 20.3 Å². The van der Waals surface area contributed by atoms with Gasteiger partial charge in [0.2, 0.25) is 5.91 Å². The highest BCUT2D eigenvalue weighted by molar-refractivity contribution is 7.15. The van der Waals surface area contributed by atoms with Crippen LogP contribution >= 0.6 is 11.3 Å². The van der Waals surface area contributed by atoms with Crippen molar-refractivity contribution in [2.45, 2.75) is 0 Å². The summed E-state index contributed by atoms with van der Waals surface area (Å²) in [7, 11) is 1.69. The van der Waals surface area contributed by atoms with Gasteiger partial charge in [-0.25, -0.2) is 4.98 Å². The van der Waals surface area contributed by atoms with E-state index in [0.717, 1.165) is 4.83 Å². The van der Waals surface area contributed by atoms with Gasteiger partial charge >= 0.3 is 0 Å². The molecule has 2 aromatic heterocycles. The van der Waals surface area contributed by atoms with E-state index in [2.05, 4.69) is 4.98 Å². The zero-order valence-electron chi connectivity index (χ0n) is 9.16. The maximum atomic E-state index is 12.2. The van der Waals surface area contributed by atoms with E-state index in [1.807, 2.05) is 0 Å². The molecule has 0 N–H and O–H groups in total. The average Bonchev–Trinajstić information content (AvgIpc) is 2.94. The van der Waals surface area contributed by atoms with Gasteiger partial charge in [-0.05, 0) is 0 Å². The second kappa shape index (κ2) is 3.56. The molecule has 3 heterocycles. The second-order valence-electron chi connectivity index (χ2n) is 3.96. The SMILES string of the molecule is CN1CN(C(=O)c2csc3cncn23)CC1=O. The molecular formula is C10H10N4O2S. The largest absolute Gasteiger partial charge is 0.326 e. The minimum atomic E-state index is -0.132. The van der Waals surface area contributed by atoms with Crippen molar-refractivity contribution < 1.29 is 9.59 Å². The number of fused-ring (bicyclic) bond motifs is 1. The third-order valence-corrected chi connectivity index (χ3v) is 3.68. The number of carbonyl (C=O) groups is 2. The quantitative estimate of drug-likeness (QED) is 0.730. The topological polar surface area (TPSA) is 57.9 Å². The molecule has 0 unspecified atom stereocenters. The summed E-state index contributed by atoms with van der Waals surface area (Å²) in [6.45, 7) is 0.505. The lowest BCUT2D eigenvalue weighted by Crippen LogP contribution is -2.30. The number of nitrogens with zero attached hydrogens (tertiary/aromatic N) is 4. The number of thiazole rings is 1. The Labute approximate surface area is 101 Å². The molecule has 0 aliphatic carbocycles. The number of rotatable bonds is 1. The molecular weight excluding hydrogens is 240 g/mol. The maximum absolute atomic E-state index is 12.2. The van der Waals surface area contributed by atoms with E-state index >= 15 is 0 Å². The molecule has 6 nitrogen and oxygen atoms in total. The first-order valence-electron chi connectivity index (χ1n) is 5.09. The van der Waals surface area contributed by atoms with Crippen LogP contribution in [0.15, 0.2) is 17.9 Å². The van der Waals surface area contributed by atoms with E-state index in [4.69, 9.17) is 0 Å². The fourth-order valence-electron chi connectivity index (χ4n) is 1.84. The molecule has 0 bridgehead atoms. The van der Waals surface area contributed by atoms with Crippen LogP contribution in [0.2, 0.25) is 0 Å². The summed E-state index contributed by atoms with van der Waals surface area (Å²) in [4.78, 5) is 31.6. The molecule has 17 heavy (non-hydrogen) atoms. The Kier molecular flexibility index (Phi) is 2.15. The highest BCUT2D eigenvalue weighted by Crippen LogP contribution is 2.18. The van der Waals surface area contributed by atoms with Crippen LogP contribution in [0.3, 0.4) is 0 Å². The van der Waals surface area contributed by atoms with Crippen LogP contribution in [0.25, 0.3) is 4.83 Å². The van der Waals surface area contributed by atoms with E-state index in [1.54, 1.807) is 29.4 Å². The van der Waals surface area contributed by atoms with E-state index in [-0.39, 0.29) is 18.4 Å². The number of carbonyl (C=O) groups excluding carboxylic acids is 2. The second-order valence-corrected chi connectivity index (χ2v) is 4.85. The first-order chi connectivity index (χ1) is 8.16. The Hall–Kier alpha value is -1.89. The molecule has 2 amide bonds. The molecule has 1 saturated heterocycles. The van der Waals surface area contributed by atoms with Crippen LogP contribution in [-0.2, 0) is 4.79 Å². The Balaban J connectivity index is 1.93. The molecule has 0 radical (unpaired) electrons. The summed E-state index contributed by atoms with van der Waals surface area (Å²) < 4.78 is 1.75. The van der Waals surface area contributed by atoms with Crippen molar-refractivity contribution in [2.24, 2.45) is 0 Å². The molecule has 0 aromatic carbocycles. The van der Waals surface area contributed by atoms with Crippen LogP contribution in [0, 0.1) is 0 Å². The predicted octanol–water partition coefficient (Wildman–Crippen LogP) is 0.268. The first kappa shape index (κ1) is 10.3. The van der Waals surface area contributed by atoms with Crippen molar-refractivity contribution in [1.29, 1.82) is 0 Å². The first-order valence-corrected chi connectivity index (χ1v) is 5.97. The number of hydrogen-bond acceptors (Lipinski definition) is 4. The van der Waals surface area contributed by atoms with Crippen molar-refractivity contribution in [3.05, 3.63) is 23.6 Å². The molecule has 0 atom stereocenters. The zero-order chi connectivity index (χ0) is 12.0. The van der Waals surface area contributed by atoms with Gasteiger partial charge in [-0.1, -0.05) is 0 Å². The minimum Gasteiger partial charge on any atom is -0.326 e. The van der Waals surface area contributed by atoms with E-state index < -0.39 is 0 Å². The third-order valence-electron chi connectivity index (χ3n) is 2.80. The Morgan fingerprint density at radius 3 is 3.06 bits per heavy atom. The van der Waals surface area contributed by atoms with Crippen LogP contribution in [0.5, 0.6) is 0 Å². The monoisotopic (exact) mass is 250 g/mol. The Bertz CT molecular complexity index is 602. The lowest BCUT2D eigenvalue weighted by Gasteiger charge is -2.14. The third kappa shape index (κ3) is 1.50. The number of hydrogen-bond donors (Lipinski definition) is 0. The fraction of sp³-hybridized carbons (Fsp3) is 0.300. The van der Waals surface area contributed by atoms with Crippen molar-refractivity contribution >= 4 is 28.0 Å². The predicted molar refractivity (Wildman–Crippen MR) is 61.7 cm³/mol. The summed E-state index contributed by atoms with van der Waals surface area (Å²) in [5.74, 6) is -0.164. The van der Waals surface area contributed by atoms with Gasteiger partial charge in [0.25, 0.3) is 5.91 Å². The molecule has 3 rings (SSSR count). The van der Waals surface area contributed by atoms with Gasteiger partial charge in [0, 0.05) is 12.4 Å². The zero-order valence-corrected chi connectivity index (χ0v) is 9.98. The summed E-state index contributed by atoms with van der Waals surface area (Å²) >= 11 is 1.46. The Morgan fingerprint density at radius 2 is 2.35 bits per heavy atom. The minimum absolute atomic E-state index is 0.0320. The molecule has 2 aromatic rings. The van der Waals surface area contributed by atoms with E-state index in [9.17, 15) is 9.59 Å². The van der Waals surface area contributed by atoms with Crippen molar-refractivity contribution in [1.82, 2.24) is 19.2 Å². The van der Waals surface area contributed by atoms with Crippen molar-refractivity contribution in [3.63, 3.8) is 0 Å². The highest BCUT2D eigenvalue weighted by atomic mass is 32.1. The average molecular weight is 250 g/mol. The van der Waals surface area contributed by atoms with Crippen molar-refractivity contribution in [3.8, 4) is 0 Å². The standard InChI is InChI=1S/C10H10N4O2S/c1-12-6-13(3-8(12)15)10(16)7-4-17-9-2-11-5-14(7)9/h2,4-5H,3,6H2,1H3. The molecule has 7 heteroatoms. The summed E-state index contributed by atoms with van der Waals surface area (Å²) in [5.41, 5.74) is 0.561. The van der Waals surface area contributed by atoms with Gasteiger partial charge in [-0.3, -0.25) is 14.0 Å². The lowest BCUT2D eigenvalue weighted by atomic mass is 10.4. The lowest BCUT2D eigenvalue weighted by molar-refractivity contribution is -0.125. The maximum Gasteiger partial charge on any atom is 0.273 e. The van der Waals surface area contributed by atoms with E-state index in [0.29, 0.717) is 12.4 Å². The highest BCUT2D eigenvalue weighted by Gasteiger charge is 2.30. The molecule has 88 valence electrons. The number of imidazole rings is 1. The van der Waals surface area contributed by atoms with Gasteiger partial charge in [0.05, 0.1) is 12.9 Å². The number of aromatic nitrogens is 2. The summed E-state index contributed by atoms with van der Waals surface area (Å²) in [6, 6.07) is 0. The molecule has 0 saturated carbocycles. The Morgan fingerprint density at radius 1 is 1.53 bits per heavy atom. The number of amides is 2. The molecule has 1 aliphatic rings. The fourth-order valence-corrected chi connectivity index (χ4v) is 2.67. The molecule has 0 spiro atoms. The summed E-state index contributed by atoms with van der Waals surface area (Å²) in [5, 5.41) is 1.79. The van der Waals surface area contributed by atoms with Crippen LogP contribution in [0.4, 0.5) is 0 Å². The summed E-state index contributed by atoms with van der Waals surface area (Å²) in [6.07, 6.45) is 3.32. The van der Waals surface area contributed by atoms with Gasteiger partial charge in [0.1, 0.15) is 23.4 Å². The number of likely N-dealkylation sites (N-methyl/N-ethyl adjacent to an activating group) is 1. The van der Waals surface area contributed by atoms with Crippen LogP contribution in [0.1, 0.15) is 10.5 Å². The molecule has 1 fully saturated rings. The van der Waals surface area contributed by atoms with Crippen LogP contribution in [-0.4, -0.2) is 51.3 Å². The van der Waals surface area contributed by atoms with Gasteiger partial charge in [-0.15, -0.1) is 11.3 Å². The smallest absolute Gasteiger partial charge is 0.273 e. The van der Waals surface area contributed by atoms with Crippen LogP contribution < -0.4 is 0 Å². The normalized spacial score (nSPS) is 16.2. The van der Waals surface area contributed by atoms with Gasteiger partial charge < -0.3 is 9.80 Å². The van der Waals surface area contributed by atoms with E-state index in [1.165, 1.54) is 21.1 Å². The van der Waals surface area contributed by atoms with Gasteiger partial charge in [-0.2, -0.15) is 0 Å².